The summed E-state index contributed by atoms with van der Waals surface area (Å²) >= 11 is 0. The van der Waals surface area contributed by atoms with Gasteiger partial charge in [0, 0.05) is 30.7 Å². The van der Waals surface area contributed by atoms with Gasteiger partial charge in [0.1, 0.15) is 0 Å². The largest absolute Gasteiger partial charge is 0.490 e. The van der Waals surface area contributed by atoms with Gasteiger partial charge in [0.25, 0.3) is 11.8 Å². The summed E-state index contributed by atoms with van der Waals surface area (Å²) in [6.07, 6.45) is 3.25. The fourth-order valence-electron chi connectivity index (χ4n) is 2.82. The number of rotatable bonds is 8. The zero-order valence-corrected chi connectivity index (χ0v) is 17.8. The number of hydrogen-bond donors (Lipinski definition) is 2. The van der Waals surface area contributed by atoms with E-state index in [9.17, 15) is 9.59 Å². The molecule has 0 aromatic heterocycles. The van der Waals surface area contributed by atoms with E-state index in [1.54, 1.807) is 18.2 Å². The van der Waals surface area contributed by atoms with Crippen molar-refractivity contribution in [3.63, 3.8) is 0 Å². The van der Waals surface area contributed by atoms with Gasteiger partial charge in [0.15, 0.2) is 18.1 Å². The molecule has 1 saturated heterocycles. The Morgan fingerprint density at radius 1 is 1.14 bits per heavy atom. The van der Waals surface area contributed by atoms with Crippen molar-refractivity contribution in [3.8, 4) is 11.5 Å². The molecule has 28 heavy (non-hydrogen) atoms. The molecule has 0 saturated carbocycles. The minimum Gasteiger partial charge on any atom is -0.490 e. The van der Waals surface area contributed by atoms with Crippen molar-refractivity contribution in [1.82, 2.24) is 10.2 Å². The minimum absolute atomic E-state index is 0. The number of ether oxygens (including phenoxy) is 2. The number of carbonyl (C=O) groups is 2. The van der Waals surface area contributed by atoms with Crippen LogP contribution in [0.2, 0.25) is 0 Å². The first-order valence-electron chi connectivity index (χ1n) is 9.54. The van der Waals surface area contributed by atoms with Gasteiger partial charge in [-0.3, -0.25) is 9.59 Å². The number of hydrogen-bond acceptors (Lipinski definition) is 5. The van der Waals surface area contributed by atoms with E-state index in [1.807, 2.05) is 25.7 Å². The molecule has 7 nitrogen and oxygen atoms in total. The molecule has 2 rings (SSSR count). The normalized spacial score (nSPS) is 14.1. The van der Waals surface area contributed by atoms with Gasteiger partial charge in [-0.05, 0) is 58.2 Å². The molecule has 0 unspecified atom stereocenters. The molecular formula is C20H32ClN3O4. The predicted octanol–water partition coefficient (Wildman–Crippen LogP) is 2.37. The fraction of sp³-hybridized carbons (Fsp3) is 0.600. The first-order valence-corrected chi connectivity index (χ1v) is 9.54. The van der Waals surface area contributed by atoms with Crippen molar-refractivity contribution >= 4 is 24.2 Å². The van der Waals surface area contributed by atoms with Crippen LogP contribution in [-0.2, 0) is 4.79 Å². The van der Waals surface area contributed by atoms with E-state index in [4.69, 9.17) is 15.2 Å². The molecule has 0 radical (unpaired) electrons. The summed E-state index contributed by atoms with van der Waals surface area (Å²) < 4.78 is 11.3. The van der Waals surface area contributed by atoms with Crippen molar-refractivity contribution in [1.29, 1.82) is 0 Å². The first kappa shape index (κ1) is 24.0. The molecule has 0 bridgehead atoms. The molecule has 1 heterocycles. The lowest BCUT2D eigenvalue weighted by Crippen LogP contribution is -2.45. The molecule has 0 spiro atoms. The lowest BCUT2D eigenvalue weighted by molar-refractivity contribution is -0.134. The quantitative estimate of drug-likeness (QED) is 0.682. The van der Waals surface area contributed by atoms with E-state index in [2.05, 4.69) is 5.32 Å². The number of amides is 2. The maximum absolute atomic E-state index is 12.3. The van der Waals surface area contributed by atoms with E-state index in [-0.39, 0.29) is 30.8 Å². The van der Waals surface area contributed by atoms with Crippen molar-refractivity contribution in [2.24, 2.45) is 5.73 Å². The van der Waals surface area contributed by atoms with E-state index < -0.39 is 5.54 Å². The Bertz CT molecular complexity index is 655. The maximum Gasteiger partial charge on any atom is 0.260 e. The van der Waals surface area contributed by atoms with Gasteiger partial charge in [-0.25, -0.2) is 0 Å². The predicted molar refractivity (Wildman–Crippen MR) is 111 cm³/mol. The van der Waals surface area contributed by atoms with Crippen LogP contribution in [0.25, 0.3) is 0 Å². The molecule has 158 valence electrons. The second-order valence-corrected chi connectivity index (χ2v) is 7.50. The highest BCUT2D eigenvalue weighted by molar-refractivity contribution is 5.95. The summed E-state index contributed by atoms with van der Waals surface area (Å²) in [6, 6.07) is 4.95. The number of halogens is 1. The van der Waals surface area contributed by atoms with Crippen molar-refractivity contribution in [3.05, 3.63) is 23.8 Å². The molecule has 1 aliphatic rings. The Morgan fingerprint density at radius 3 is 2.43 bits per heavy atom. The number of carbonyl (C=O) groups excluding carboxylic acids is 2. The van der Waals surface area contributed by atoms with Gasteiger partial charge >= 0.3 is 0 Å². The smallest absolute Gasteiger partial charge is 0.260 e. The summed E-state index contributed by atoms with van der Waals surface area (Å²) in [6.45, 7) is 7.87. The second kappa shape index (κ2) is 11.1. The van der Waals surface area contributed by atoms with Crippen LogP contribution >= 0.6 is 12.4 Å². The lowest BCUT2D eigenvalue weighted by Gasteiger charge is -2.26. The van der Waals surface area contributed by atoms with Crippen LogP contribution in [0.15, 0.2) is 18.2 Å². The molecular weight excluding hydrogens is 382 g/mol. The number of nitrogens with one attached hydrogen (secondary N) is 1. The number of nitrogens with two attached hydrogens (primary N) is 1. The summed E-state index contributed by atoms with van der Waals surface area (Å²) in [5.41, 5.74) is 5.86. The monoisotopic (exact) mass is 413 g/mol. The average Bonchev–Trinajstić information content (AvgIpc) is 2.65. The lowest BCUT2D eigenvalue weighted by atomic mass is 10.1. The summed E-state index contributed by atoms with van der Waals surface area (Å²) in [5.74, 6) is 0.649. The fourth-order valence-corrected chi connectivity index (χ4v) is 2.82. The third-order valence-corrected chi connectivity index (χ3v) is 4.27. The Balaban J connectivity index is 0.00000392. The van der Waals surface area contributed by atoms with Gasteiger partial charge < -0.3 is 25.4 Å². The standard InChI is InChI=1S/C20H31N3O4.ClH/c1-4-26-17-12-15(19(25)22-14-20(2,3)21)8-9-16(17)27-13-18(24)23-10-6-5-7-11-23;/h8-9,12H,4-7,10-11,13-14,21H2,1-3H3,(H,22,25);1H. The van der Waals surface area contributed by atoms with E-state index >= 15 is 0 Å². The molecule has 8 heteroatoms. The van der Waals surface area contributed by atoms with Crippen LogP contribution in [0.4, 0.5) is 0 Å². The molecule has 1 aromatic rings. The van der Waals surface area contributed by atoms with E-state index in [1.165, 1.54) is 6.42 Å². The highest BCUT2D eigenvalue weighted by Crippen LogP contribution is 2.28. The van der Waals surface area contributed by atoms with Gasteiger partial charge in [-0.1, -0.05) is 0 Å². The van der Waals surface area contributed by atoms with Crippen molar-refractivity contribution in [2.75, 3.05) is 32.8 Å². The maximum atomic E-state index is 12.3. The first-order chi connectivity index (χ1) is 12.8. The van der Waals surface area contributed by atoms with E-state index in [0.29, 0.717) is 30.2 Å². The molecule has 1 fully saturated rings. The highest BCUT2D eigenvalue weighted by Gasteiger charge is 2.19. The average molecular weight is 414 g/mol. The number of nitrogens with zero attached hydrogens (tertiary/aromatic N) is 1. The van der Waals surface area contributed by atoms with E-state index in [0.717, 1.165) is 25.9 Å². The summed E-state index contributed by atoms with van der Waals surface area (Å²) in [7, 11) is 0. The van der Waals surface area contributed by atoms with Crippen LogP contribution in [0, 0.1) is 0 Å². The van der Waals surface area contributed by atoms with Gasteiger partial charge in [-0.2, -0.15) is 0 Å². The van der Waals surface area contributed by atoms with Crippen LogP contribution in [-0.4, -0.2) is 55.1 Å². The summed E-state index contributed by atoms with van der Waals surface area (Å²) in [4.78, 5) is 26.4. The molecule has 2 amide bonds. The van der Waals surface area contributed by atoms with Crippen molar-refractivity contribution < 1.29 is 19.1 Å². The topological polar surface area (TPSA) is 93.9 Å². The SMILES string of the molecule is CCOc1cc(C(=O)NCC(C)(C)N)ccc1OCC(=O)N1CCCCC1.Cl. The van der Waals surface area contributed by atoms with Gasteiger partial charge in [0.2, 0.25) is 0 Å². The minimum atomic E-state index is -0.490. The number of piperidine rings is 1. The molecule has 0 aliphatic carbocycles. The van der Waals surface area contributed by atoms with Gasteiger partial charge in [0.05, 0.1) is 6.61 Å². The molecule has 1 aliphatic heterocycles. The third-order valence-electron chi connectivity index (χ3n) is 4.27. The van der Waals surface area contributed by atoms with Crippen LogP contribution in [0.5, 0.6) is 11.5 Å². The Labute approximate surface area is 173 Å². The number of benzene rings is 1. The van der Waals surface area contributed by atoms with Crippen LogP contribution in [0.1, 0.15) is 50.4 Å². The zero-order chi connectivity index (χ0) is 19.9. The zero-order valence-electron chi connectivity index (χ0n) is 17.0. The summed E-state index contributed by atoms with van der Waals surface area (Å²) in [5, 5.41) is 2.80. The Kier molecular flexibility index (Phi) is 9.55. The molecule has 3 N–H and O–H groups in total. The van der Waals surface area contributed by atoms with Crippen LogP contribution < -0.4 is 20.5 Å². The van der Waals surface area contributed by atoms with Gasteiger partial charge in [-0.15, -0.1) is 12.4 Å². The highest BCUT2D eigenvalue weighted by atomic mass is 35.5. The Hall–Kier alpha value is -1.99. The number of likely N-dealkylation sites (tertiary alicyclic amines) is 1. The van der Waals surface area contributed by atoms with Crippen LogP contribution in [0.3, 0.4) is 0 Å². The molecule has 0 atom stereocenters. The van der Waals surface area contributed by atoms with Crippen molar-refractivity contribution in [2.45, 2.75) is 45.6 Å². The molecule has 1 aromatic carbocycles. The Morgan fingerprint density at radius 2 is 1.82 bits per heavy atom. The third kappa shape index (κ3) is 7.56. The second-order valence-electron chi connectivity index (χ2n) is 7.50.